The normalized spacial score (nSPS) is 21.3. The second-order valence-corrected chi connectivity index (χ2v) is 7.08. The summed E-state index contributed by atoms with van der Waals surface area (Å²) in [5, 5.41) is 9.30. The van der Waals surface area contributed by atoms with E-state index in [9.17, 15) is 14.7 Å². The number of carboxylic acids is 1. The highest BCUT2D eigenvalue weighted by Gasteiger charge is 2.35. The molecule has 0 bridgehead atoms. The predicted octanol–water partition coefficient (Wildman–Crippen LogP) is 3.56. The average molecular weight is 384 g/mol. The third-order valence-electron chi connectivity index (χ3n) is 4.06. The summed E-state index contributed by atoms with van der Waals surface area (Å²) in [6.07, 6.45) is 1.33. The third kappa shape index (κ3) is 4.25. The molecule has 0 unspecified atom stereocenters. The molecule has 126 valence electrons. The number of aliphatic carboxylic acids is 1. The molecule has 1 aliphatic heterocycles. The van der Waals surface area contributed by atoms with Gasteiger partial charge >= 0.3 is 5.97 Å². The van der Waals surface area contributed by atoms with Crippen LogP contribution in [0.25, 0.3) is 0 Å². The maximum Gasteiger partial charge on any atom is 0.308 e. The Labute approximate surface area is 144 Å². The number of hydrogen-bond donors (Lipinski definition) is 1. The van der Waals surface area contributed by atoms with Gasteiger partial charge in [0, 0.05) is 22.6 Å². The molecule has 6 heteroatoms. The lowest BCUT2D eigenvalue weighted by molar-refractivity contribution is -0.144. The number of amides is 1. The van der Waals surface area contributed by atoms with E-state index in [1.807, 2.05) is 19.9 Å². The molecular weight excluding hydrogens is 362 g/mol. The van der Waals surface area contributed by atoms with Crippen LogP contribution in [0.4, 0.5) is 0 Å². The van der Waals surface area contributed by atoms with Gasteiger partial charge in [0.2, 0.25) is 0 Å². The summed E-state index contributed by atoms with van der Waals surface area (Å²) in [6.45, 7) is 6.23. The summed E-state index contributed by atoms with van der Waals surface area (Å²) in [6, 6.07) is 4.95. The number of benzene rings is 1. The molecule has 1 aromatic rings. The van der Waals surface area contributed by atoms with Crippen LogP contribution in [-0.4, -0.2) is 40.6 Å². The Kier molecular flexibility index (Phi) is 5.68. The quantitative estimate of drug-likeness (QED) is 0.862. The van der Waals surface area contributed by atoms with Crippen molar-refractivity contribution in [1.29, 1.82) is 0 Å². The monoisotopic (exact) mass is 383 g/mol. The standard InChI is InChI=1S/C17H22BrNO4/c1-10(2)23-14-8-12(7-13(18)9-14)16(20)19-6-4-5-15(11(19)3)17(21)22/h7-11,15H,4-6H2,1-3H3,(H,21,22)/t11-,15-/m0/s1. The Bertz CT molecular complexity index is 602. The maximum absolute atomic E-state index is 12.8. The number of rotatable bonds is 4. The van der Waals surface area contributed by atoms with Gasteiger partial charge in [0.25, 0.3) is 5.91 Å². The SMILES string of the molecule is CC(C)Oc1cc(Br)cc(C(=O)N2CCC[C@H](C(=O)O)[C@@H]2C)c1. The van der Waals surface area contributed by atoms with Crippen molar-refractivity contribution in [2.24, 2.45) is 5.92 Å². The Morgan fingerprint density at radius 3 is 2.65 bits per heavy atom. The first-order valence-corrected chi connectivity index (χ1v) is 8.60. The Morgan fingerprint density at radius 1 is 1.35 bits per heavy atom. The molecule has 2 atom stereocenters. The molecule has 0 saturated carbocycles. The van der Waals surface area contributed by atoms with Crippen LogP contribution in [0, 0.1) is 5.92 Å². The highest BCUT2D eigenvalue weighted by Crippen LogP contribution is 2.28. The number of halogens is 1. The van der Waals surface area contributed by atoms with Gasteiger partial charge in [-0.15, -0.1) is 0 Å². The van der Waals surface area contributed by atoms with E-state index in [0.29, 0.717) is 30.7 Å². The minimum Gasteiger partial charge on any atom is -0.491 e. The summed E-state index contributed by atoms with van der Waals surface area (Å²) < 4.78 is 6.43. The van der Waals surface area contributed by atoms with E-state index in [4.69, 9.17) is 4.74 Å². The zero-order valence-electron chi connectivity index (χ0n) is 13.6. The fraction of sp³-hybridized carbons (Fsp3) is 0.529. The number of hydrogen-bond acceptors (Lipinski definition) is 3. The summed E-state index contributed by atoms with van der Waals surface area (Å²) in [7, 11) is 0. The van der Waals surface area contributed by atoms with E-state index in [2.05, 4.69) is 15.9 Å². The third-order valence-corrected chi connectivity index (χ3v) is 4.51. The highest BCUT2D eigenvalue weighted by atomic mass is 79.9. The molecule has 1 amide bonds. The van der Waals surface area contributed by atoms with Gasteiger partial charge in [-0.1, -0.05) is 15.9 Å². The molecule has 1 N–H and O–H groups in total. The fourth-order valence-corrected chi connectivity index (χ4v) is 3.42. The lowest BCUT2D eigenvalue weighted by atomic mass is 9.90. The van der Waals surface area contributed by atoms with E-state index in [-0.39, 0.29) is 18.1 Å². The van der Waals surface area contributed by atoms with Crippen LogP contribution >= 0.6 is 15.9 Å². The first-order valence-electron chi connectivity index (χ1n) is 7.80. The zero-order valence-corrected chi connectivity index (χ0v) is 15.2. The van der Waals surface area contributed by atoms with Crippen molar-refractivity contribution in [3.05, 3.63) is 28.2 Å². The van der Waals surface area contributed by atoms with Gasteiger partial charge in [0.1, 0.15) is 5.75 Å². The number of carbonyl (C=O) groups excluding carboxylic acids is 1. The number of piperidine rings is 1. The molecule has 0 aromatic heterocycles. The second-order valence-electron chi connectivity index (χ2n) is 6.17. The average Bonchev–Trinajstić information content (AvgIpc) is 2.45. The minimum atomic E-state index is -0.840. The van der Waals surface area contributed by atoms with Crippen LogP contribution in [0.5, 0.6) is 5.75 Å². The van der Waals surface area contributed by atoms with Crippen LogP contribution in [-0.2, 0) is 4.79 Å². The second kappa shape index (κ2) is 7.34. The molecule has 1 heterocycles. The summed E-state index contributed by atoms with van der Waals surface area (Å²) in [5.74, 6) is -0.880. The van der Waals surface area contributed by atoms with Crippen molar-refractivity contribution in [3.63, 3.8) is 0 Å². The van der Waals surface area contributed by atoms with Crippen LogP contribution in [0.1, 0.15) is 44.0 Å². The molecule has 0 aliphatic carbocycles. The Morgan fingerprint density at radius 2 is 2.04 bits per heavy atom. The smallest absolute Gasteiger partial charge is 0.308 e. The topological polar surface area (TPSA) is 66.8 Å². The van der Waals surface area contributed by atoms with Gasteiger partial charge in [-0.3, -0.25) is 9.59 Å². The van der Waals surface area contributed by atoms with Crippen LogP contribution in [0.3, 0.4) is 0 Å². The molecule has 1 aromatic carbocycles. The number of nitrogens with zero attached hydrogens (tertiary/aromatic N) is 1. The van der Waals surface area contributed by atoms with E-state index < -0.39 is 11.9 Å². The molecule has 23 heavy (non-hydrogen) atoms. The van der Waals surface area contributed by atoms with Crippen molar-refractivity contribution in [1.82, 2.24) is 4.90 Å². The van der Waals surface area contributed by atoms with Crippen LogP contribution in [0.15, 0.2) is 22.7 Å². The van der Waals surface area contributed by atoms with Gasteiger partial charge in [-0.25, -0.2) is 0 Å². The molecule has 1 fully saturated rings. The number of carboxylic acid groups (broad SMARTS) is 1. The lowest BCUT2D eigenvalue weighted by Crippen LogP contribution is -2.49. The summed E-state index contributed by atoms with van der Waals surface area (Å²) in [5.41, 5.74) is 0.507. The van der Waals surface area contributed by atoms with Crippen molar-refractivity contribution in [2.45, 2.75) is 45.8 Å². The molecule has 5 nitrogen and oxygen atoms in total. The molecule has 0 radical (unpaired) electrons. The maximum atomic E-state index is 12.8. The Hall–Kier alpha value is -1.56. The van der Waals surface area contributed by atoms with Crippen molar-refractivity contribution in [2.75, 3.05) is 6.54 Å². The number of ether oxygens (including phenoxy) is 1. The van der Waals surface area contributed by atoms with Gasteiger partial charge in [0.05, 0.1) is 12.0 Å². The Balaban J connectivity index is 2.25. The number of likely N-dealkylation sites (tertiary alicyclic amines) is 1. The van der Waals surface area contributed by atoms with Crippen molar-refractivity contribution < 1.29 is 19.4 Å². The van der Waals surface area contributed by atoms with Gasteiger partial charge < -0.3 is 14.7 Å². The molecular formula is C17H22BrNO4. The van der Waals surface area contributed by atoms with Crippen LogP contribution in [0.2, 0.25) is 0 Å². The zero-order chi connectivity index (χ0) is 17.1. The minimum absolute atomic E-state index is 0.0116. The molecule has 2 rings (SSSR count). The lowest BCUT2D eigenvalue weighted by Gasteiger charge is -2.37. The largest absolute Gasteiger partial charge is 0.491 e. The first kappa shape index (κ1) is 17.8. The van der Waals surface area contributed by atoms with E-state index >= 15 is 0 Å². The molecule has 1 aliphatic rings. The predicted molar refractivity (Wildman–Crippen MR) is 90.8 cm³/mol. The molecule has 1 saturated heterocycles. The van der Waals surface area contributed by atoms with Gasteiger partial charge in [-0.05, 0) is 51.8 Å². The summed E-state index contributed by atoms with van der Waals surface area (Å²) in [4.78, 5) is 25.8. The van der Waals surface area contributed by atoms with Crippen LogP contribution < -0.4 is 4.74 Å². The number of carbonyl (C=O) groups is 2. The van der Waals surface area contributed by atoms with E-state index in [0.717, 1.165) is 4.47 Å². The fourth-order valence-electron chi connectivity index (χ4n) is 2.95. The van der Waals surface area contributed by atoms with E-state index in [1.54, 1.807) is 24.0 Å². The van der Waals surface area contributed by atoms with Gasteiger partial charge in [-0.2, -0.15) is 0 Å². The van der Waals surface area contributed by atoms with Crippen molar-refractivity contribution in [3.8, 4) is 5.75 Å². The summed E-state index contributed by atoms with van der Waals surface area (Å²) >= 11 is 3.40. The first-order chi connectivity index (χ1) is 10.8. The highest BCUT2D eigenvalue weighted by molar-refractivity contribution is 9.10. The van der Waals surface area contributed by atoms with E-state index in [1.165, 1.54) is 0 Å². The van der Waals surface area contributed by atoms with Gasteiger partial charge in [0.15, 0.2) is 0 Å². The molecule has 0 spiro atoms. The van der Waals surface area contributed by atoms with Crippen molar-refractivity contribution >= 4 is 27.8 Å².